The third-order valence-corrected chi connectivity index (χ3v) is 7.05. The van der Waals surface area contributed by atoms with Gasteiger partial charge in [-0.25, -0.2) is 9.97 Å². The van der Waals surface area contributed by atoms with E-state index in [2.05, 4.69) is 110 Å². The van der Waals surface area contributed by atoms with Crippen molar-refractivity contribution in [2.24, 2.45) is 0 Å². The monoisotopic (exact) mass is 532 g/mol. The molecule has 0 saturated heterocycles. The van der Waals surface area contributed by atoms with Crippen molar-refractivity contribution < 1.29 is 4.74 Å². The maximum absolute atomic E-state index is 5.33. The summed E-state index contributed by atoms with van der Waals surface area (Å²) in [5.74, 6) is 1.49. The van der Waals surface area contributed by atoms with Gasteiger partial charge in [-0.05, 0) is 106 Å². The lowest BCUT2D eigenvalue weighted by Gasteiger charge is -2.20. The van der Waals surface area contributed by atoms with Gasteiger partial charge in [0, 0.05) is 43.1 Å². The Morgan fingerprint density at radius 2 is 1.00 bits per heavy atom. The molecule has 4 aromatic rings. The fourth-order valence-corrected chi connectivity index (χ4v) is 4.66. The lowest BCUT2D eigenvalue weighted by molar-refractivity contribution is 0.415. The first-order valence-electron chi connectivity index (χ1n) is 14.2. The van der Waals surface area contributed by atoms with Crippen molar-refractivity contribution in [3.8, 4) is 17.1 Å². The summed E-state index contributed by atoms with van der Waals surface area (Å²) < 4.78 is 5.33. The third-order valence-electron chi connectivity index (χ3n) is 7.05. The zero-order valence-corrected chi connectivity index (χ0v) is 24.3. The van der Waals surface area contributed by atoms with Crippen molar-refractivity contribution in [3.63, 3.8) is 0 Å². The van der Waals surface area contributed by atoms with Crippen LogP contribution < -0.4 is 14.5 Å². The lowest BCUT2D eigenvalue weighted by atomic mass is 10.1. The van der Waals surface area contributed by atoms with Crippen molar-refractivity contribution in [1.82, 2.24) is 9.97 Å². The van der Waals surface area contributed by atoms with E-state index in [1.807, 2.05) is 30.3 Å². The molecule has 1 aromatic heterocycles. The topological polar surface area (TPSA) is 41.5 Å². The standard InChI is InChI=1S/C35H40N4O/c1-6-38(7-2)32-20-12-27(13-21-32)10-18-30-26-31(37-35(36-30)29-16-24-34(40-5)25-17-29)19-11-28-14-22-33(23-15-28)39(8-3)9-4/h10-26H,6-9H2,1-5H3/b18-10+,19-11+. The first-order chi connectivity index (χ1) is 19.6. The van der Waals surface area contributed by atoms with Crippen LogP contribution in [0.3, 0.4) is 0 Å². The van der Waals surface area contributed by atoms with E-state index >= 15 is 0 Å². The fourth-order valence-electron chi connectivity index (χ4n) is 4.66. The number of benzene rings is 3. The third kappa shape index (κ3) is 7.38. The molecule has 0 unspecified atom stereocenters. The van der Waals surface area contributed by atoms with Crippen LogP contribution in [0.5, 0.6) is 5.75 Å². The number of methoxy groups -OCH3 is 1. The number of ether oxygens (including phenoxy) is 1. The second-order valence-electron chi connectivity index (χ2n) is 9.46. The minimum atomic E-state index is 0.679. The van der Waals surface area contributed by atoms with E-state index in [1.54, 1.807) is 7.11 Å². The molecule has 0 fully saturated rings. The van der Waals surface area contributed by atoms with Gasteiger partial charge in [0.05, 0.1) is 18.5 Å². The number of aromatic nitrogens is 2. The van der Waals surface area contributed by atoms with E-state index in [-0.39, 0.29) is 0 Å². The van der Waals surface area contributed by atoms with Crippen LogP contribution in [0.4, 0.5) is 11.4 Å². The molecular weight excluding hydrogens is 492 g/mol. The Balaban J connectivity index is 1.62. The minimum absolute atomic E-state index is 0.679. The number of nitrogens with zero attached hydrogens (tertiary/aromatic N) is 4. The van der Waals surface area contributed by atoms with E-state index < -0.39 is 0 Å². The van der Waals surface area contributed by atoms with Crippen LogP contribution in [0.15, 0.2) is 78.9 Å². The number of rotatable bonds is 12. The van der Waals surface area contributed by atoms with Gasteiger partial charge in [0.15, 0.2) is 5.82 Å². The molecule has 3 aromatic carbocycles. The molecule has 0 radical (unpaired) electrons. The van der Waals surface area contributed by atoms with Gasteiger partial charge in [-0.2, -0.15) is 0 Å². The van der Waals surface area contributed by atoms with Gasteiger partial charge >= 0.3 is 0 Å². The van der Waals surface area contributed by atoms with Crippen LogP contribution in [-0.4, -0.2) is 43.3 Å². The van der Waals surface area contributed by atoms with Crippen molar-refractivity contribution >= 4 is 35.7 Å². The second kappa shape index (κ2) is 14.1. The predicted molar refractivity (Wildman–Crippen MR) is 172 cm³/mol. The number of hydrogen-bond donors (Lipinski definition) is 0. The molecule has 0 bridgehead atoms. The average Bonchev–Trinajstić information content (AvgIpc) is 3.01. The maximum atomic E-state index is 5.33. The summed E-state index contributed by atoms with van der Waals surface area (Å²) in [6.07, 6.45) is 8.31. The zero-order valence-electron chi connectivity index (χ0n) is 24.3. The molecule has 5 heteroatoms. The summed E-state index contributed by atoms with van der Waals surface area (Å²) in [6.45, 7) is 12.7. The van der Waals surface area contributed by atoms with Gasteiger partial charge in [-0.3, -0.25) is 0 Å². The first kappa shape index (κ1) is 28.6. The lowest BCUT2D eigenvalue weighted by Crippen LogP contribution is -2.21. The highest BCUT2D eigenvalue weighted by Crippen LogP contribution is 2.23. The Kier molecular flexibility index (Phi) is 10.1. The highest BCUT2D eigenvalue weighted by molar-refractivity contribution is 5.74. The number of anilines is 2. The molecule has 40 heavy (non-hydrogen) atoms. The summed E-state index contributed by atoms with van der Waals surface area (Å²) in [5.41, 5.74) is 7.39. The first-order valence-corrected chi connectivity index (χ1v) is 14.2. The summed E-state index contributed by atoms with van der Waals surface area (Å²) in [7, 11) is 1.67. The summed E-state index contributed by atoms with van der Waals surface area (Å²) >= 11 is 0. The molecule has 0 aliphatic heterocycles. The van der Waals surface area contributed by atoms with Gasteiger partial charge in [-0.15, -0.1) is 0 Å². The molecule has 0 spiro atoms. The van der Waals surface area contributed by atoms with Gasteiger partial charge < -0.3 is 14.5 Å². The highest BCUT2D eigenvalue weighted by atomic mass is 16.5. The largest absolute Gasteiger partial charge is 0.497 e. The van der Waals surface area contributed by atoms with E-state index in [4.69, 9.17) is 14.7 Å². The molecule has 4 rings (SSSR count). The van der Waals surface area contributed by atoms with Crippen LogP contribution in [-0.2, 0) is 0 Å². The normalized spacial score (nSPS) is 11.3. The fraction of sp³-hybridized carbons (Fsp3) is 0.257. The van der Waals surface area contributed by atoms with E-state index in [1.165, 1.54) is 11.4 Å². The predicted octanol–water partition coefficient (Wildman–Crippen LogP) is 8.19. The van der Waals surface area contributed by atoms with Crippen LogP contribution in [0, 0.1) is 0 Å². The molecule has 0 amide bonds. The van der Waals surface area contributed by atoms with Crippen molar-refractivity contribution in [2.75, 3.05) is 43.1 Å². The smallest absolute Gasteiger partial charge is 0.160 e. The maximum Gasteiger partial charge on any atom is 0.160 e. The molecule has 5 nitrogen and oxygen atoms in total. The zero-order chi connectivity index (χ0) is 28.3. The summed E-state index contributed by atoms with van der Waals surface area (Å²) in [4.78, 5) is 14.4. The quantitative estimate of drug-likeness (QED) is 0.184. The molecular formula is C35H40N4O. The molecule has 0 saturated carbocycles. The van der Waals surface area contributed by atoms with Gasteiger partial charge in [0.2, 0.25) is 0 Å². The molecule has 206 valence electrons. The second-order valence-corrected chi connectivity index (χ2v) is 9.46. The number of hydrogen-bond acceptors (Lipinski definition) is 5. The Morgan fingerprint density at radius 1 is 0.575 bits per heavy atom. The Morgan fingerprint density at radius 3 is 1.38 bits per heavy atom. The molecule has 1 heterocycles. The van der Waals surface area contributed by atoms with Crippen molar-refractivity contribution in [1.29, 1.82) is 0 Å². The van der Waals surface area contributed by atoms with Gasteiger partial charge in [0.1, 0.15) is 5.75 Å². The Hall–Kier alpha value is -4.38. The van der Waals surface area contributed by atoms with Crippen LogP contribution in [0.2, 0.25) is 0 Å². The van der Waals surface area contributed by atoms with Crippen LogP contribution in [0.25, 0.3) is 35.7 Å². The molecule has 0 atom stereocenters. The van der Waals surface area contributed by atoms with Crippen LogP contribution >= 0.6 is 0 Å². The average molecular weight is 533 g/mol. The molecule has 0 aliphatic carbocycles. The SMILES string of the molecule is CCN(CC)c1ccc(/C=C/c2cc(/C=C/c3ccc(N(CC)CC)cc3)nc(-c3ccc(OC)cc3)n2)cc1. The Bertz CT molecular complexity index is 1320. The minimum Gasteiger partial charge on any atom is -0.497 e. The van der Waals surface area contributed by atoms with Crippen molar-refractivity contribution in [3.05, 3.63) is 101 Å². The van der Waals surface area contributed by atoms with E-state index in [0.29, 0.717) is 5.82 Å². The summed E-state index contributed by atoms with van der Waals surface area (Å²) in [6, 6.07) is 27.2. The molecule has 0 aliphatic rings. The molecule has 0 N–H and O–H groups in total. The highest BCUT2D eigenvalue weighted by Gasteiger charge is 2.07. The summed E-state index contributed by atoms with van der Waals surface area (Å²) in [5, 5.41) is 0. The van der Waals surface area contributed by atoms with E-state index in [9.17, 15) is 0 Å². The van der Waals surface area contributed by atoms with E-state index in [0.717, 1.165) is 60.0 Å². The Labute approximate surface area is 239 Å². The van der Waals surface area contributed by atoms with Gasteiger partial charge in [-0.1, -0.05) is 36.4 Å². The van der Waals surface area contributed by atoms with Gasteiger partial charge in [0.25, 0.3) is 0 Å². The van der Waals surface area contributed by atoms with Crippen molar-refractivity contribution in [2.45, 2.75) is 27.7 Å². The van der Waals surface area contributed by atoms with Crippen LogP contribution in [0.1, 0.15) is 50.2 Å².